The third kappa shape index (κ3) is 3.38. The van der Waals surface area contributed by atoms with Crippen LogP contribution < -0.4 is 17.2 Å². The molecule has 22 heavy (non-hydrogen) atoms. The first-order valence-corrected chi connectivity index (χ1v) is 6.76. The predicted molar refractivity (Wildman–Crippen MR) is 79.0 cm³/mol. The van der Waals surface area contributed by atoms with Crippen LogP contribution in [0.4, 0.5) is 0 Å². The molecule has 0 aromatic carbocycles. The number of H-pyrrole nitrogens is 1. The molecule has 0 aliphatic rings. The summed E-state index contributed by atoms with van der Waals surface area (Å²) in [4.78, 5) is 33.5. The number of imidazole rings is 1. The fraction of sp³-hybridized carbons (Fsp3) is 0.385. The molecule has 2 rings (SSSR count). The molecule has 0 bridgehead atoms. The molecule has 0 aliphatic heterocycles. The molecular weight excluding hydrogens is 288 g/mol. The highest BCUT2D eigenvalue weighted by Gasteiger charge is 2.22. The number of hydrogen-bond donors (Lipinski definition) is 5. The summed E-state index contributed by atoms with van der Waals surface area (Å²) < 4.78 is 0. The largest absolute Gasteiger partial charge is 0.480 e. The van der Waals surface area contributed by atoms with E-state index in [1.165, 1.54) is 6.20 Å². The molecule has 9 heteroatoms. The first-order valence-electron chi connectivity index (χ1n) is 6.76. The molecule has 2 heterocycles. The fourth-order valence-corrected chi connectivity index (χ4v) is 2.22. The van der Waals surface area contributed by atoms with Crippen LogP contribution in [-0.4, -0.2) is 44.5 Å². The van der Waals surface area contributed by atoms with E-state index < -0.39 is 17.9 Å². The number of nitrogens with one attached hydrogen (secondary N) is 1. The van der Waals surface area contributed by atoms with E-state index in [2.05, 4.69) is 15.0 Å². The standard InChI is InChI=1S/C13H18N6O3/c14-2-1-6(3-8(15)13(21)22)11-18-9-4-7(10(16)20)5-17-12(9)19-11/h4-6,8H,1-3,14-15H2,(H2,16,20)(H,21,22)(H,17,18,19)/t6?,8-/m0/s1. The molecule has 1 amide bonds. The minimum absolute atomic E-state index is 0.203. The van der Waals surface area contributed by atoms with E-state index in [0.717, 1.165) is 0 Å². The Balaban J connectivity index is 2.33. The predicted octanol–water partition coefficient (Wildman–Crippen LogP) is -0.709. The van der Waals surface area contributed by atoms with Crippen molar-refractivity contribution in [2.75, 3.05) is 6.54 Å². The second kappa shape index (κ2) is 6.50. The van der Waals surface area contributed by atoms with Crippen molar-refractivity contribution < 1.29 is 14.7 Å². The number of primary amides is 1. The second-order valence-electron chi connectivity index (χ2n) is 5.04. The van der Waals surface area contributed by atoms with Crippen LogP contribution in [0.2, 0.25) is 0 Å². The number of nitrogens with zero attached hydrogens (tertiary/aromatic N) is 2. The first kappa shape index (κ1) is 15.9. The van der Waals surface area contributed by atoms with Gasteiger partial charge in [-0.15, -0.1) is 0 Å². The molecule has 2 aromatic heterocycles. The molecule has 0 saturated heterocycles. The van der Waals surface area contributed by atoms with Crippen molar-refractivity contribution in [2.45, 2.75) is 24.8 Å². The second-order valence-corrected chi connectivity index (χ2v) is 5.04. The minimum Gasteiger partial charge on any atom is -0.480 e. The Morgan fingerprint density at radius 1 is 1.41 bits per heavy atom. The lowest BCUT2D eigenvalue weighted by atomic mass is 9.96. The first-order chi connectivity index (χ1) is 10.4. The highest BCUT2D eigenvalue weighted by molar-refractivity contribution is 5.95. The summed E-state index contributed by atoms with van der Waals surface area (Å²) >= 11 is 0. The van der Waals surface area contributed by atoms with Crippen LogP contribution in [0.25, 0.3) is 11.2 Å². The van der Waals surface area contributed by atoms with Gasteiger partial charge in [0.2, 0.25) is 5.91 Å². The normalized spacial score (nSPS) is 13.9. The molecule has 0 aliphatic carbocycles. The Morgan fingerprint density at radius 3 is 2.73 bits per heavy atom. The molecule has 0 spiro atoms. The van der Waals surface area contributed by atoms with E-state index in [9.17, 15) is 9.59 Å². The van der Waals surface area contributed by atoms with Gasteiger partial charge in [0.05, 0.1) is 11.1 Å². The minimum atomic E-state index is -1.08. The van der Waals surface area contributed by atoms with Gasteiger partial charge in [-0.2, -0.15) is 0 Å². The van der Waals surface area contributed by atoms with Gasteiger partial charge in [0.15, 0.2) is 5.65 Å². The molecule has 9 nitrogen and oxygen atoms in total. The average molecular weight is 306 g/mol. The summed E-state index contributed by atoms with van der Waals surface area (Å²) in [6, 6.07) is 0.552. The summed E-state index contributed by atoms with van der Waals surface area (Å²) in [7, 11) is 0. The lowest BCUT2D eigenvalue weighted by Gasteiger charge is -2.15. The average Bonchev–Trinajstić information content (AvgIpc) is 2.89. The number of carboxylic acid groups (broad SMARTS) is 1. The van der Waals surface area contributed by atoms with E-state index in [1.54, 1.807) is 6.07 Å². The van der Waals surface area contributed by atoms with Crippen molar-refractivity contribution in [3.63, 3.8) is 0 Å². The number of rotatable bonds is 7. The van der Waals surface area contributed by atoms with Crippen LogP contribution in [0, 0.1) is 0 Å². The van der Waals surface area contributed by atoms with Crippen molar-refractivity contribution in [1.29, 1.82) is 0 Å². The highest BCUT2D eigenvalue weighted by Crippen LogP contribution is 2.24. The van der Waals surface area contributed by atoms with Crippen molar-refractivity contribution >= 4 is 23.0 Å². The van der Waals surface area contributed by atoms with Gasteiger partial charge in [0.25, 0.3) is 0 Å². The maximum Gasteiger partial charge on any atom is 0.320 e. The number of carboxylic acids is 1. The lowest BCUT2D eigenvalue weighted by molar-refractivity contribution is -0.138. The summed E-state index contributed by atoms with van der Waals surface area (Å²) in [6.07, 6.45) is 2.08. The van der Waals surface area contributed by atoms with Crippen LogP contribution in [-0.2, 0) is 4.79 Å². The molecule has 118 valence electrons. The van der Waals surface area contributed by atoms with Gasteiger partial charge in [0, 0.05) is 12.1 Å². The number of amides is 1. The summed E-state index contributed by atoms with van der Waals surface area (Å²) in [5.41, 5.74) is 17.6. The van der Waals surface area contributed by atoms with E-state index >= 15 is 0 Å². The van der Waals surface area contributed by atoms with Crippen molar-refractivity contribution in [2.24, 2.45) is 17.2 Å². The topological polar surface area (TPSA) is 174 Å². The van der Waals surface area contributed by atoms with Crippen LogP contribution in [0.5, 0.6) is 0 Å². The Labute approximate surface area is 125 Å². The molecule has 1 unspecified atom stereocenters. The zero-order chi connectivity index (χ0) is 16.3. The van der Waals surface area contributed by atoms with Gasteiger partial charge in [-0.1, -0.05) is 0 Å². The van der Waals surface area contributed by atoms with Gasteiger partial charge >= 0.3 is 5.97 Å². The third-order valence-electron chi connectivity index (χ3n) is 3.40. The molecule has 2 atom stereocenters. The quantitative estimate of drug-likeness (QED) is 0.449. The Morgan fingerprint density at radius 2 is 2.14 bits per heavy atom. The molecular formula is C13H18N6O3. The Kier molecular flexibility index (Phi) is 4.68. The SMILES string of the molecule is NCCC(C[C@H](N)C(=O)O)c1nc2ncc(C(N)=O)cc2[nH]1. The summed E-state index contributed by atoms with van der Waals surface area (Å²) in [6.45, 7) is 0.369. The number of pyridine rings is 1. The molecule has 0 saturated carbocycles. The van der Waals surface area contributed by atoms with E-state index in [1.807, 2.05) is 0 Å². The van der Waals surface area contributed by atoms with Gasteiger partial charge in [-0.3, -0.25) is 9.59 Å². The van der Waals surface area contributed by atoms with Gasteiger partial charge in [-0.05, 0) is 25.5 Å². The van der Waals surface area contributed by atoms with E-state index in [0.29, 0.717) is 30.0 Å². The van der Waals surface area contributed by atoms with Crippen LogP contribution in [0.3, 0.4) is 0 Å². The van der Waals surface area contributed by atoms with Crippen molar-refractivity contribution in [1.82, 2.24) is 15.0 Å². The molecule has 0 fully saturated rings. The number of aliphatic carboxylic acids is 1. The number of aromatic nitrogens is 3. The van der Waals surface area contributed by atoms with Crippen molar-refractivity contribution in [3.05, 3.63) is 23.7 Å². The number of fused-ring (bicyclic) bond motifs is 1. The number of carbonyl (C=O) groups is 2. The van der Waals surface area contributed by atoms with Crippen LogP contribution >= 0.6 is 0 Å². The zero-order valence-electron chi connectivity index (χ0n) is 11.8. The molecule has 0 radical (unpaired) electrons. The smallest absolute Gasteiger partial charge is 0.320 e. The Hall–Kier alpha value is -2.52. The van der Waals surface area contributed by atoms with E-state index in [-0.39, 0.29) is 17.9 Å². The van der Waals surface area contributed by atoms with Gasteiger partial charge in [-0.25, -0.2) is 9.97 Å². The number of hydrogen-bond acceptors (Lipinski definition) is 6. The monoisotopic (exact) mass is 306 g/mol. The number of nitrogens with two attached hydrogens (primary N) is 3. The Bertz CT molecular complexity index is 698. The zero-order valence-corrected chi connectivity index (χ0v) is 11.8. The van der Waals surface area contributed by atoms with Crippen LogP contribution in [0.1, 0.15) is 34.9 Å². The summed E-state index contributed by atoms with van der Waals surface area (Å²) in [5.74, 6) is -1.35. The highest BCUT2D eigenvalue weighted by atomic mass is 16.4. The summed E-state index contributed by atoms with van der Waals surface area (Å²) in [5, 5.41) is 8.93. The maximum absolute atomic E-state index is 11.2. The molecule has 8 N–H and O–H groups in total. The van der Waals surface area contributed by atoms with Gasteiger partial charge < -0.3 is 27.3 Å². The van der Waals surface area contributed by atoms with Gasteiger partial charge in [0.1, 0.15) is 11.9 Å². The van der Waals surface area contributed by atoms with Crippen LogP contribution in [0.15, 0.2) is 12.3 Å². The number of carbonyl (C=O) groups excluding carboxylic acids is 1. The molecule has 2 aromatic rings. The van der Waals surface area contributed by atoms with Crippen molar-refractivity contribution in [3.8, 4) is 0 Å². The van der Waals surface area contributed by atoms with E-state index in [4.69, 9.17) is 22.3 Å². The third-order valence-corrected chi connectivity index (χ3v) is 3.40. The maximum atomic E-state index is 11.2. The fourth-order valence-electron chi connectivity index (χ4n) is 2.22. The number of aromatic amines is 1. The lowest BCUT2D eigenvalue weighted by Crippen LogP contribution is -2.32.